The van der Waals surface area contributed by atoms with Crippen LogP contribution in [0, 0.1) is 5.82 Å². The summed E-state index contributed by atoms with van der Waals surface area (Å²) in [6.45, 7) is 7.34. The summed E-state index contributed by atoms with van der Waals surface area (Å²) < 4.78 is 19.0. The standard InChI is InChI=1S/C28H31FN6O2/c1-3-5-16-33-25-24(31-28(33)32-15-8-9-20(30)18-32)26(36)34(14-4-2)35(27(25)37)17-19-12-13-23(29)22-11-7-6-10-21(19)22/h4-7,10-13,16,20H,2-3,8-9,14-15,17-18,30H2,1H3/b16-5+. The number of imidazole rings is 1. The van der Waals surface area contributed by atoms with E-state index in [4.69, 9.17) is 5.73 Å². The van der Waals surface area contributed by atoms with Crippen LogP contribution in [-0.2, 0) is 13.1 Å². The van der Waals surface area contributed by atoms with Crippen molar-refractivity contribution in [3.8, 4) is 0 Å². The van der Waals surface area contributed by atoms with Gasteiger partial charge in [0, 0.05) is 30.7 Å². The average molecular weight is 503 g/mol. The predicted octanol–water partition coefficient (Wildman–Crippen LogP) is 3.69. The van der Waals surface area contributed by atoms with Crippen molar-refractivity contribution in [2.45, 2.75) is 45.3 Å². The van der Waals surface area contributed by atoms with E-state index in [1.165, 1.54) is 15.4 Å². The molecule has 2 aromatic heterocycles. The van der Waals surface area contributed by atoms with Crippen molar-refractivity contribution >= 4 is 34.0 Å². The first kappa shape index (κ1) is 24.7. The zero-order valence-electron chi connectivity index (χ0n) is 20.9. The Morgan fingerprint density at radius 2 is 1.92 bits per heavy atom. The Hall–Kier alpha value is -3.98. The van der Waals surface area contributed by atoms with Gasteiger partial charge >= 0.3 is 0 Å². The molecule has 5 rings (SSSR count). The summed E-state index contributed by atoms with van der Waals surface area (Å²) in [6.07, 6.45) is 7.89. The highest BCUT2D eigenvalue weighted by Gasteiger charge is 2.26. The van der Waals surface area contributed by atoms with E-state index < -0.39 is 0 Å². The van der Waals surface area contributed by atoms with Crippen molar-refractivity contribution in [2.75, 3.05) is 18.0 Å². The van der Waals surface area contributed by atoms with Crippen LogP contribution in [0.3, 0.4) is 0 Å². The monoisotopic (exact) mass is 502 g/mol. The molecule has 2 aromatic carbocycles. The summed E-state index contributed by atoms with van der Waals surface area (Å²) in [5.41, 5.74) is 6.55. The third-order valence-corrected chi connectivity index (χ3v) is 6.87. The third kappa shape index (κ3) is 4.40. The molecule has 0 bridgehead atoms. The van der Waals surface area contributed by atoms with E-state index in [2.05, 4.69) is 11.6 Å². The van der Waals surface area contributed by atoms with Crippen LogP contribution >= 0.6 is 0 Å². The normalized spacial score (nSPS) is 16.3. The fourth-order valence-electron chi connectivity index (χ4n) is 5.09. The molecule has 0 spiro atoms. The van der Waals surface area contributed by atoms with Crippen molar-refractivity contribution in [1.29, 1.82) is 0 Å². The van der Waals surface area contributed by atoms with Crippen LogP contribution < -0.4 is 21.8 Å². The number of nitrogens with zero attached hydrogens (tertiary/aromatic N) is 5. The van der Waals surface area contributed by atoms with Gasteiger partial charge in [-0.05, 0) is 36.3 Å². The Bertz CT molecular complexity index is 1630. The van der Waals surface area contributed by atoms with Gasteiger partial charge in [0.2, 0.25) is 5.95 Å². The number of hydrogen-bond acceptors (Lipinski definition) is 5. The largest absolute Gasteiger partial charge is 0.340 e. The summed E-state index contributed by atoms with van der Waals surface area (Å²) >= 11 is 0. The van der Waals surface area contributed by atoms with Gasteiger partial charge in [-0.25, -0.2) is 18.7 Å². The van der Waals surface area contributed by atoms with Crippen LogP contribution in [0.2, 0.25) is 0 Å². The minimum atomic E-state index is -0.382. The number of benzene rings is 2. The second-order valence-electron chi connectivity index (χ2n) is 9.41. The molecule has 0 amide bonds. The SMILES string of the molecule is C=CCn1c(=O)c2nc(N3CCCC(N)C3)n(/C=C/CC)c2c(=O)n1Cc1ccc(F)c2ccccc12. The van der Waals surface area contributed by atoms with Gasteiger partial charge in [-0.1, -0.05) is 49.4 Å². The molecule has 0 radical (unpaired) electrons. The molecule has 8 nitrogen and oxygen atoms in total. The van der Waals surface area contributed by atoms with E-state index in [0.717, 1.165) is 31.4 Å². The average Bonchev–Trinajstić information content (AvgIpc) is 3.29. The van der Waals surface area contributed by atoms with Crippen molar-refractivity contribution in [3.63, 3.8) is 0 Å². The lowest BCUT2D eigenvalue weighted by molar-refractivity contribution is 0.477. The number of anilines is 1. The first-order valence-electron chi connectivity index (χ1n) is 12.6. The van der Waals surface area contributed by atoms with Gasteiger partial charge in [0.1, 0.15) is 11.3 Å². The Morgan fingerprint density at radius 1 is 1.14 bits per heavy atom. The van der Waals surface area contributed by atoms with E-state index in [9.17, 15) is 14.0 Å². The maximum atomic E-state index is 14.5. The van der Waals surface area contributed by atoms with Crippen LogP contribution in [0.5, 0.6) is 0 Å². The Labute approximate surface area is 213 Å². The van der Waals surface area contributed by atoms with Crippen molar-refractivity contribution in [1.82, 2.24) is 18.9 Å². The van der Waals surface area contributed by atoms with E-state index in [1.54, 1.807) is 35.0 Å². The van der Waals surface area contributed by atoms with Gasteiger partial charge < -0.3 is 10.6 Å². The number of fused-ring (bicyclic) bond motifs is 2. The van der Waals surface area contributed by atoms with Crippen LogP contribution in [0.25, 0.3) is 28.0 Å². The van der Waals surface area contributed by atoms with Crippen LogP contribution in [0.15, 0.2) is 64.7 Å². The summed E-state index contributed by atoms with van der Waals surface area (Å²) in [4.78, 5) is 34.6. The highest BCUT2D eigenvalue weighted by atomic mass is 19.1. The highest BCUT2D eigenvalue weighted by Crippen LogP contribution is 2.25. The first-order valence-corrected chi connectivity index (χ1v) is 12.6. The third-order valence-electron chi connectivity index (χ3n) is 6.87. The fraction of sp³-hybridized carbons (Fsp3) is 0.321. The number of nitrogens with two attached hydrogens (primary N) is 1. The second-order valence-corrected chi connectivity index (χ2v) is 9.41. The molecular weight excluding hydrogens is 471 g/mol. The van der Waals surface area contributed by atoms with Gasteiger partial charge in [0.15, 0.2) is 5.52 Å². The molecule has 1 aliphatic rings. The molecule has 9 heteroatoms. The molecular formula is C28H31FN6O2. The molecule has 1 unspecified atom stereocenters. The van der Waals surface area contributed by atoms with E-state index >= 15 is 0 Å². The lowest BCUT2D eigenvalue weighted by atomic mass is 10.0. The first-order chi connectivity index (χ1) is 17.9. The molecule has 0 aliphatic carbocycles. The molecule has 1 fully saturated rings. The Morgan fingerprint density at radius 3 is 2.65 bits per heavy atom. The smallest absolute Gasteiger partial charge is 0.293 e. The van der Waals surface area contributed by atoms with Gasteiger partial charge in [0.05, 0.1) is 13.1 Å². The summed E-state index contributed by atoms with van der Waals surface area (Å²) in [7, 11) is 0. The van der Waals surface area contributed by atoms with E-state index in [-0.39, 0.29) is 47.1 Å². The number of hydrogen-bond donors (Lipinski definition) is 1. The molecule has 4 aromatic rings. The van der Waals surface area contributed by atoms with Crippen molar-refractivity contribution in [3.05, 3.63) is 87.2 Å². The van der Waals surface area contributed by atoms with Gasteiger partial charge in [-0.3, -0.25) is 14.2 Å². The zero-order valence-corrected chi connectivity index (χ0v) is 20.9. The zero-order chi connectivity index (χ0) is 26.1. The molecule has 192 valence electrons. The summed E-state index contributed by atoms with van der Waals surface area (Å²) in [5, 5.41) is 1.15. The van der Waals surface area contributed by atoms with Gasteiger partial charge in [-0.15, -0.1) is 6.58 Å². The van der Waals surface area contributed by atoms with Crippen LogP contribution in [0.1, 0.15) is 31.7 Å². The fourth-order valence-corrected chi connectivity index (χ4v) is 5.09. The lowest BCUT2D eigenvalue weighted by Crippen LogP contribution is -2.43. The van der Waals surface area contributed by atoms with E-state index in [0.29, 0.717) is 23.3 Å². The van der Waals surface area contributed by atoms with Gasteiger partial charge in [-0.2, -0.15) is 0 Å². The minimum Gasteiger partial charge on any atom is -0.340 e. The Kier molecular flexibility index (Phi) is 6.80. The second kappa shape index (κ2) is 10.2. The van der Waals surface area contributed by atoms with Crippen LogP contribution in [-0.4, -0.2) is 38.0 Å². The predicted molar refractivity (Wildman–Crippen MR) is 147 cm³/mol. The molecule has 3 heterocycles. The minimum absolute atomic E-state index is 0.00185. The maximum absolute atomic E-state index is 14.5. The number of rotatable bonds is 7. The quantitative estimate of drug-likeness (QED) is 0.389. The molecule has 1 aliphatic heterocycles. The topological polar surface area (TPSA) is 91.1 Å². The number of halogens is 1. The van der Waals surface area contributed by atoms with Crippen molar-refractivity contribution in [2.24, 2.45) is 5.73 Å². The maximum Gasteiger partial charge on any atom is 0.293 e. The molecule has 1 saturated heterocycles. The van der Waals surface area contributed by atoms with Crippen molar-refractivity contribution < 1.29 is 4.39 Å². The number of allylic oxidation sites excluding steroid dienone is 2. The molecule has 1 atom stereocenters. The number of piperidine rings is 1. The summed E-state index contributed by atoms with van der Waals surface area (Å²) in [5.74, 6) is 0.206. The number of aromatic nitrogens is 4. The van der Waals surface area contributed by atoms with E-state index in [1.807, 2.05) is 30.0 Å². The molecule has 0 saturated carbocycles. The summed E-state index contributed by atoms with van der Waals surface area (Å²) in [6, 6.07) is 10.2. The molecule has 2 N–H and O–H groups in total. The lowest BCUT2D eigenvalue weighted by Gasteiger charge is -2.31. The van der Waals surface area contributed by atoms with Gasteiger partial charge in [0.25, 0.3) is 11.1 Å². The molecule has 37 heavy (non-hydrogen) atoms. The Balaban J connectivity index is 1.77. The van der Waals surface area contributed by atoms with Crippen LogP contribution in [0.4, 0.5) is 10.3 Å². The highest BCUT2D eigenvalue weighted by molar-refractivity contribution is 5.86.